The van der Waals surface area contributed by atoms with Gasteiger partial charge in [0, 0.05) is 12.0 Å². The molecule has 0 fully saturated rings. The van der Waals surface area contributed by atoms with Crippen LogP contribution in [0.1, 0.15) is 6.92 Å². The van der Waals surface area contributed by atoms with Crippen LogP contribution in [0, 0.1) is 0 Å². The Hall–Kier alpha value is -1.00. The smallest absolute Gasteiger partial charge is 0.322 e. The van der Waals surface area contributed by atoms with Crippen LogP contribution in [-0.2, 0) is 9.53 Å². The summed E-state index contributed by atoms with van der Waals surface area (Å²) >= 11 is 1.30. The van der Waals surface area contributed by atoms with E-state index in [0.717, 1.165) is 4.90 Å². The normalized spacial score (nSPS) is 14.5. The van der Waals surface area contributed by atoms with Crippen molar-refractivity contribution in [3.05, 3.63) is 30.3 Å². The van der Waals surface area contributed by atoms with Gasteiger partial charge in [0.2, 0.25) is 0 Å². The summed E-state index contributed by atoms with van der Waals surface area (Å²) in [7, 11) is 1.51. The maximum Gasteiger partial charge on any atom is 0.322 e. The van der Waals surface area contributed by atoms with Gasteiger partial charge in [0.1, 0.15) is 4.75 Å². The Morgan fingerprint density at radius 2 is 2.07 bits per heavy atom. The van der Waals surface area contributed by atoms with E-state index < -0.39 is 10.7 Å². The number of aliphatic carboxylic acids is 1. The molecule has 1 N–H and O–H groups in total. The first-order chi connectivity index (χ1) is 7.08. The minimum atomic E-state index is -0.934. The minimum absolute atomic E-state index is 0.182. The summed E-state index contributed by atoms with van der Waals surface area (Å²) in [6, 6.07) is 9.45. The minimum Gasteiger partial charge on any atom is -0.480 e. The van der Waals surface area contributed by atoms with Crippen molar-refractivity contribution in [1.82, 2.24) is 0 Å². The number of carboxylic acids is 1. The van der Waals surface area contributed by atoms with Gasteiger partial charge in [-0.05, 0) is 19.1 Å². The maximum atomic E-state index is 11.1. The summed E-state index contributed by atoms with van der Waals surface area (Å²) < 4.78 is 4.00. The Kier molecular flexibility index (Phi) is 4.17. The van der Waals surface area contributed by atoms with Crippen LogP contribution in [0.2, 0.25) is 0 Å². The van der Waals surface area contributed by atoms with Crippen molar-refractivity contribution in [3.63, 3.8) is 0 Å². The molecule has 0 amide bonds. The second-order valence-corrected chi connectivity index (χ2v) is 4.96. The number of rotatable bonds is 5. The molecule has 0 spiro atoms. The zero-order valence-corrected chi connectivity index (χ0v) is 9.58. The van der Waals surface area contributed by atoms with Crippen LogP contribution in [-0.4, -0.2) is 29.5 Å². The molecule has 1 rings (SSSR count). The molecule has 1 unspecified atom stereocenters. The molecule has 15 heavy (non-hydrogen) atoms. The van der Waals surface area contributed by atoms with Crippen LogP contribution in [0.25, 0.3) is 0 Å². The third-order valence-electron chi connectivity index (χ3n) is 1.96. The summed E-state index contributed by atoms with van der Waals surface area (Å²) in [4.78, 5) is 12.0. The third-order valence-corrected chi connectivity index (χ3v) is 3.21. The van der Waals surface area contributed by atoms with Gasteiger partial charge in [0.05, 0.1) is 6.61 Å². The first kappa shape index (κ1) is 12.1. The molecule has 0 saturated heterocycles. The molecule has 0 aliphatic heterocycles. The molecular formula is C11H14O3S. The lowest BCUT2D eigenvalue weighted by Gasteiger charge is -2.22. The first-order valence-corrected chi connectivity index (χ1v) is 5.36. The zero-order valence-electron chi connectivity index (χ0n) is 8.77. The SMILES string of the molecule is COCC(C)(Sc1ccccc1)C(=O)O. The van der Waals surface area contributed by atoms with Crippen molar-refractivity contribution in [2.45, 2.75) is 16.6 Å². The van der Waals surface area contributed by atoms with Gasteiger partial charge < -0.3 is 9.84 Å². The molecule has 0 bridgehead atoms. The summed E-state index contributed by atoms with van der Waals surface area (Å²) in [5, 5.41) is 9.12. The van der Waals surface area contributed by atoms with Crippen LogP contribution >= 0.6 is 11.8 Å². The Labute approximate surface area is 93.4 Å². The number of methoxy groups -OCH3 is 1. The molecule has 0 heterocycles. The Balaban J connectivity index is 2.80. The Morgan fingerprint density at radius 3 is 2.53 bits per heavy atom. The highest BCUT2D eigenvalue weighted by molar-refractivity contribution is 8.01. The number of benzene rings is 1. The van der Waals surface area contributed by atoms with Crippen LogP contribution in [0.3, 0.4) is 0 Å². The summed E-state index contributed by atoms with van der Waals surface area (Å²) in [5.74, 6) is -0.863. The maximum absolute atomic E-state index is 11.1. The van der Waals surface area contributed by atoms with E-state index in [2.05, 4.69) is 0 Å². The van der Waals surface area contributed by atoms with Crippen LogP contribution < -0.4 is 0 Å². The van der Waals surface area contributed by atoms with Crippen LogP contribution in [0.15, 0.2) is 35.2 Å². The van der Waals surface area contributed by atoms with Crippen molar-refractivity contribution in [2.24, 2.45) is 0 Å². The van der Waals surface area contributed by atoms with Crippen molar-refractivity contribution >= 4 is 17.7 Å². The molecule has 0 radical (unpaired) electrons. The monoisotopic (exact) mass is 226 g/mol. The standard InChI is InChI=1S/C11H14O3S/c1-11(8-14-2,10(12)13)15-9-6-4-3-5-7-9/h3-7H,8H2,1-2H3,(H,12,13). The van der Waals surface area contributed by atoms with Crippen molar-refractivity contribution in [3.8, 4) is 0 Å². The van der Waals surface area contributed by atoms with Gasteiger partial charge >= 0.3 is 5.97 Å². The molecule has 1 aromatic rings. The molecule has 1 atom stereocenters. The molecular weight excluding hydrogens is 212 g/mol. The van der Waals surface area contributed by atoms with Gasteiger partial charge in [0.25, 0.3) is 0 Å². The fraction of sp³-hybridized carbons (Fsp3) is 0.364. The van der Waals surface area contributed by atoms with E-state index >= 15 is 0 Å². The number of thioether (sulfide) groups is 1. The summed E-state index contributed by atoms with van der Waals surface area (Å²) in [6.45, 7) is 1.85. The lowest BCUT2D eigenvalue weighted by Crippen LogP contribution is -2.36. The molecule has 1 aromatic carbocycles. The van der Waals surface area contributed by atoms with Gasteiger partial charge in [-0.3, -0.25) is 4.79 Å². The van der Waals surface area contributed by atoms with Crippen molar-refractivity contribution < 1.29 is 14.6 Å². The van der Waals surface area contributed by atoms with Crippen LogP contribution in [0.5, 0.6) is 0 Å². The number of ether oxygens (including phenoxy) is 1. The van der Waals surface area contributed by atoms with E-state index in [9.17, 15) is 4.79 Å². The Bertz CT molecular complexity index is 326. The lowest BCUT2D eigenvalue weighted by molar-refractivity contribution is -0.140. The second kappa shape index (κ2) is 5.19. The van der Waals surface area contributed by atoms with E-state index in [1.165, 1.54) is 18.9 Å². The topological polar surface area (TPSA) is 46.5 Å². The predicted molar refractivity (Wildman–Crippen MR) is 60.2 cm³/mol. The van der Waals surface area contributed by atoms with E-state index in [0.29, 0.717) is 0 Å². The first-order valence-electron chi connectivity index (χ1n) is 4.55. The van der Waals surface area contributed by atoms with E-state index in [4.69, 9.17) is 9.84 Å². The molecule has 0 saturated carbocycles. The summed E-state index contributed by atoms with van der Waals surface area (Å²) in [6.07, 6.45) is 0. The summed E-state index contributed by atoms with van der Waals surface area (Å²) in [5.41, 5.74) is 0. The predicted octanol–water partition coefficient (Wildman–Crippen LogP) is 2.27. The highest BCUT2D eigenvalue weighted by Crippen LogP contribution is 2.33. The number of carbonyl (C=O) groups is 1. The fourth-order valence-electron chi connectivity index (χ4n) is 1.16. The third kappa shape index (κ3) is 3.25. The van der Waals surface area contributed by atoms with Gasteiger partial charge in [-0.15, -0.1) is 11.8 Å². The largest absolute Gasteiger partial charge is 0.480 e. The molecule has 0 aliphatic carbocycles. The van der Waals surface area contributed by atoms with Crippen molar-refractivity contribution in [1.29, 1.82) is 0 Å². The Morgan fingerprint density at radius 1 is 1.47 bits per heavy atom. The zero-order chi connectivity index (χ0) is 11.3. The van der Waals surface area contributed by atoms with Gasteiger partial charge in [-0.25, -0.2) is 0 Å². The van der Waals surface area contributed by atoms with Gasteiger partial charge in [-0.1, -0.05) is 18.2 Å². The van der Waals surface area contributed by atoms with Gasteiger partial charge in [-0.2, -0.15) is 0 Å². The number of hydrogen-bond donors (Lipinski definition) is 1. The highest BCUT2D eigenvalue weighted by Gasteiger charge is 2.34. The quantitative estimate of drug-likeness (QED) is 0.782. The highest BCUT2D eigenvalue weighted by atomic mass is 32.2. The molecule has 3 nitrogen and oxygen atoms in total. The van der Waals surface area contributed by atoms with Crippen molar-refractivity contribution in [2.75, 3.05) is 13.7 Å². The number of hydrogen-bond acceptors (Lipinski definition) is 3. The fourth-order valence-corrected chi connectivity index (χ4v) is 2.24. The van der Waals surface area contributed by atoms with Gasteiger partial charge in [0.15, 0.2) is 0 Å². The second-order valence-electron chi connectivity index (χ2n) is 3.38. The average molecular weight is 226 g/mol. The lowest BCUT2D eigenvalue weighted by atomic mass is 10.2. The molecule has 0 aliphatic rings. The van der Waals surface area contributed by atoms with E-state index in [1.807, 2.05) is 30.3 Å². The molecule has 4 heteroatoms. The van der Waals surface area contributed by atoms with Crippen LogP contribution in [0.4, 0.5) is 0 Å². The van der Waals surface area contributed by atoms with E-state index in [1.54, 1.807) is 6.92 Å². The van der Waals surface area contributed by atoms with E-state index in [-0.39, 0.29) is 6.61 Å². The average Bonchev–Trinajstić information content (AvgIpc) is 2.19. The molecule has 82 valence electrons. The molecule has 0 aromatic heterocycles. The number of carboxylic acid groups (broad SMARTS) is 1.